The van der Waals surface area contributed by atoms with Gasteiger partial charge in [0.15, 0.2) is 0 Å². The quantitative estimate of drug-likeness (QED) is 0.418. The predicted octanol–water partition coefficient (Wildman–Crippen LogP) is 2.90. The summed E-state index contributed by atoms with van der Waals surface area (Å²) in [5.74, 6) is 7.76. The van der Waals surface area contributed by atoms with E-state index in [2.05, 4.69) is 17.8 Å². The number of rotatable bonds is 1. The number of benzene rings is 2. The number of hydrogen-bond donors (Lipinski definition) is 0. The van der Waals surface area contributed by atoms with Gasteiger partial charge in [0, 0.05) is 16.7 Å². The molecule has 0 radical (unpaired) electrons. The Morgan fingerprint density at radius 3 is 2.28 bits per heavy atom. The van der Waals surface area contributed by atoms with Crippen LogP contribution in [0.5, 0.6) is 0 Å². The van der Waals surface area contributed by atoms with Crippen molar-refractivity contribution in [1.82, 2.24) is 0 Å². The Balaban J connectivity index is 2.40. The first-order valence-electron chi connectivity index (χ1n) is 5.48. The average Bonchev–Trinajstić information content (AvgIpc) is 2.45. The first-order chi connectivity index (χ1) is 8.81. The number of ketones is 1. The summed E-state index contributed by atoms with van der Waals surface area (Å²) in [7, 11) is 0. The highest BCUT2D eigenvalue weighted by Gasteiger charge is 2.05. The van der Waals surface area contributed by atoms with E-state index >= 15 is 0 Å². The summed E-state index contributed by atoms with van der Waals surface area (Å²) in [4.78, 5) is 11.5. The zero-order valence-electron chi connectivity index (χ0n) is 9.68. The van der Waals surface area contributed by atoms with Crippen molar-refractivity contribution in [2.24, 2.45) is 0 Å². The number of carbonyl (C=O) groups is 1. The van der Waals surface area contributed by atoms with Crippen LogP contribution in [0.2, 0.25) is 0 Å². The lowest BCUT2D eigenvalue weighted by Crippen LogP contribution is -1.97. The minimum atomic E-state index is -0.340. The van der Waals surface area contributed by atoms with Crippen molar-refractivity contribution in [2.75, 3.05) is 0 Å². The molecule has 0 saturated carbocycles. The molecule has 0 aliphatic heterocycles. The SMILES string of the molecule is C#CC(=O)c1ccccc1C#Cc1ccccc1. The van der Waals surface area contributed by atoms with E-state index in [-0.39, 0.29) is 5.78 Å². The fourth-order valence-electron chi connectivity index (χ4n) is 1.53. The minimum Gasteiger partial charge on any atom is -0.279 e. The topological polar surface area (TPSA) is 17.1 Å². The van der Waals surface area contributed by atoms with Crippen LogP contribution < -0.4 is 0 Å². The smallest absolute Gasteiger partial charge is 0.236 e. The van der Waals surface area contributed by atoms with E-state index in [1.54, 1.807) is 18.2 Å². The third-order valence-electron chi connectivity index (χ3n) is 2.42. The van der Waals surface area contributed by atoms with Gasteiger partial charge in [0.25, 0.3) is 0 Å². The molecule has 0 fully saturated rings. The first-order valence-corrected chi connectivity index (χ1v) is 5.48. The maximum atomic E-state index is 11.5. The molecule has 0 saturated heterocycles. The predicted molar refractivity (Wildman–Crippen MR) is 72.0 cm³/mol. The maximum absolute atomic E-state index is 11.5. The van der Waals surface area contributed by atoms with Crippen LogP contribution in [0.3, 0.4) is 0 Å². The lowest BCUT2D eigenvalue weighted by Gasteiger charge is -1.97. The molecular weight excluding hydrogens is 220 g/mol. The number of hydrogen-bond acceptors (Lipinski definition) is 1. The van der Waals surface area contributed by atoms with Gasteiger partial charge in [0.05, 0.1) is 0 Å². The van der Waals surface area contributed by atoms with Crippen LogP contribution in [-0.2, 0) is 0 Å². The fraction of sp³-hybridized carbons (Fsp3) is 0. The second kappa shape index (κ2) is 5.53. The summed E-state index contributed by atoms with van der Waals surface area (Å²) in [6, 6.07) is 16.7. The molecule has 84 valence electrons. The van der Waals surface area contributed by atoms with Gasteiger partial charge in [-0.15, -0.1) is 6.42 Å². The number of Topliss-reactive ketones (excluding diaryl/α,β-unsaturated/α-hetero) is 1. The molecule has 0 bridgehead atoms. The molecular formula is C17H10O. The summed E-state index contributed by atoms with van der Waals surface area (Å²) in [6.45, 7) is 0. The van der Waals surface area contributed by atoms with Gasteiger partial charge in [-0.3, -0.25) is 4.79 Å². The van der Waals surface area contributed by atoms with E-state index in [9.17, 15) is 4.79 Å². The maximum Gasteiger partial charge on any atom is 0.236 e. The van der Waals surface area contributed by atoms with Crippen molar-refractivity contribution >= 4 is 5.78 Å². The molecule has 1 heteroatoms. The largest absolute Gasteiger partial charge is 0.279 e. The highest BCUT2D eigenvalue weighted by molar-refractivity contribution is 6.10. The summed E-state index contributed by atoms with van der Waals surface area (Å²) >= 11 is 0. The Labute approximate surface area is 106 Å². The van der Waals surface area contributed by atoms with Crippen LogP contribution in [0.1, 0.15) is 21.5 Å². The van der Waals surface area contributed by atoms with Crippen LogP contribution in [0.15, 0.2) is 54.6 Å². The van der Waals surface area contributed by atoms with Crippen molar-refractivity contribution in [3.8, 4) is 24.2 Å². The monoisotopic (exact) mass is 230 g/mol. The van der Waals surface area contributed by atoms with E-state index in [1.165, 1.54) is 0 Å². The van der Waals surface area contributed by atoms with Gasteiger partial charge in [-0.25, -0.2) is 0 Å². The van der Waals surface area contributed by atoms with E-state index in [1.807, 2.05) is 36.4 Å². The number of terminal acetylenes is 1. The second-order valence-electron chi connectivity index (χ2n) is 3.64. The Bertz CT molecular complexity index is 664. The van der Waals surface area contributed by atoms with Crippen molar-refractivity contribution in [2.45, 2.75) is 0 Å². The van der Waals surface area contributed by atoms with Crippen molar-refractivity contribution in [3.63, 3.8) is 0 Å². The van der Waals surface area contributed by atoms with Crippen LogP contribution in [0.25, 0.3) is 0 Å². The third kappa shape index (κ3) is 2.67. The highest BCUT2D eigenvalue weighted by Crippen LogP contribution is 2.08. The van der Waals surface area contributed by atoms with Crippen LogP contribution in [-0.4, -0.2) is 5.78 Å². The molecule has 0 N–H and O–H groups in total. The van der Waals surface area contributed by atoms with Gasteiger partial charge in [-0.2, -0.15) is 0 Å². The van der Waals surface area contributed by atoms with Crippen molar-refractivity contribution in [3.05, 3.63) is 71.3 Å². The molecule has 0 aliphatic rings. The summed E-state index contributed by atoms with van der Waals surface area (Å²) < 4.78 is 0. The lowest BCUT2D eigenvalue weighted by atomic mass is 10.0. The van der Waals surface area contributed by atoms with E-state index in [0.29, 0.717) is 11.1 Å². The van der Waals surface area contributed by atoms with Gasteiger partial charge in [-0.05, 0) is 30.2 Å². The second-order valence-corrected chi connectivity index (χ2v) is 3.64. The van der Waals surface area contributed by atoms with E-state index in [4.69, 9.17) is 6.42 Å². The molecule has 0 spiro atoms. The fourth-order valence-corrected chi connectivity index (χ4v) is 1.53. The van der Waals surface area contributed by atoms with Crippen molar-refractivity contribution in [1.29, 1.82) is 0 Å². The van der Waals surface area contributed by atoms with Gasteiger partial charge in [-0.1, -0.05) is 42.2 Å². The normalized spacial score (nSPS) is 8.83. The zero-order chi connectivity index (χ0) is 12.8. The Morgan fingerprint density at radius 1 is 0.889 bits per heavy atom. The van der Waals surface area contributed by atoms with Crippen LogP contribution in [0, 0.1) is 24.2 Å². The molecule has 0 heterocycles. The van der Waals surface area contributed by atoms with Crippen LogP contribution >= 0.6 is 0 Å². The third-order valence-corrected chi connectivity index (χ3v) is 2.42. The summed E-state index contributed by atoms with van der Waals surface area (Å²) in [6.07, 6.45) is 5.13. The average molecular weight is 230 g/mol. The Morgan fingerprint density at radius 2 is 1.56 bits per heavy atom. The molecule has 2 rings (SSSR count). The summed E-state index contributed by atoms with van der Waals surface area (Å²) in [5.41, 5.74) is 2.04. The van der Waals surface area contributed by atoms with Crippen LogP contribution in [0.4, 0.5) is 0 Å². The van der Waals surface area contributed by atoms with Gasteiger partial charge in [0.2, 0.25) is 5.78 Å². The molecule has 18 heavy (non-hydrogen) atoms. The van der Waals surface area contributed by atoms with E-state index in [0.717, 1.165) is 5.56 Å². The van der Waals surface area contributed by atoms with Gasteiger partial charge < -0.3 is 0 Å². The zero-order valence-corrected chi connectivity index (χ0v) is 9.68. The van der Waals surface area contributed by atoms with E-state index < -0.39 is 0 Å². The van der Waals surface area contributed by atoms with Gasteiger partial charge >= 0.3 is 0 Å². The molecule has 0 aromatic heterocycles. The molecule has 2 aromatic carbocycles. The first kappa shape index (κ1) is 11.7. The molecule has 0 unspecified atom stereocenters. The molecule has 0 aliphatic carbocycles. The number of carbonyl (C=O) groups excluding carboxylic acids is 1. The Hall–Kier alpha value is -2.77. The minimum absolute atomic E-state index is 0.340. The Kier molecular flexibility index (Phi) is 3.59. The molecule has 1 nitrogen and oxygen atoms in total. The standard InChI is InChI=1S/C17H10O/c1-2-17(18)16-11-7-6-10-15(16)13-12-14-8-4-3-5-9-14/h1,3-11H. The molecule has 0 amide bonds. The molecule has 2 aromatic rings. The van der Waals surface area contributed by atoms with Gasteiger partial charge in [0.1, 0.15) is 0 Å². The highest BCUT2D eigenvalue weighted by atomic mass is 16.1. The molecule has 0 atom stereocenters. The summed E-state index contributed by atoms with van der Waals surface area (Å²) in [5, 5.41) is 0. The van der Waals surface area contributed by atoms with Crippen molar-refractivity contribution < 1.29 is 4.79 Å². The lowest BCUT2D eigenvalue weighted by molar-refractivity contribution is 0.105.